The van der Waals surface area contributed by atoms with E-state index in [1.54, 1.807) is 6.08 Å². The molecule has 2 atom stereocenters. The van der Waals surface area contributed by atoms with Crippen LogP contribution in [0.3, 0.4) is 0 Å². The van der Waals surface area contributed by atoms with Crippen LogP contribution in [-0.4, -0.2) is 15.3 Å². The van der Waals surface area contributed by atoms with Crippen LogP contribution in [0.15, 0.2) is 12.7 Å². The van der Waals surface area contributed by atoms with E-state index in [0.717, 1.165) is 0 Å². The molecule has 0 aromatic heterocycles. The lowest BCUT2D eigenvalue weighted by Gasteiger charge is -2.08. The highest BCUT2D eigenvalue weighted by Crippen LogP contribution is 1.90. The van der Waals surface area contributed by atoms with Crippen molar-refractivity contribution < 1.29 is 8.76 Å². The highest BCUT2D eigenvalue weighted by atomic mass is 32.2. The lowest BCUT2D eigenvalue weighted by atomic mass is 10.2. The first-order valence-electron chi connectivity index (χ1n) is 2.62. The quantitative estimate of drug-likeness (QED) is 0.457. The van der Waals surface area contributed by atoms with Gasteiger partial charge in [-0.3, -0.25) is 4.21 Å². The predicted octanol–water partition coefficient (Wildman–Crippen LogP) is 0.192. The molecule has 0 aromatic carbocycles. The van der Waals surface area contributed by atoms with Gasteiger partial charge in [-0.15, -0.1) is 6.58 Å². The smallest absolute Gasteiger partial charge is 0.0181 e. The summed E-state index contributed by atoms with van der Waals surface area (Å²) in [6, 6.07) is 0. The van der Waals surface area contributed by atoms with E-state index < -0.39 is 11.3 Å². The fraction of sp³-hybridized carbons (Fsp3) is 0.600. The van der Waals surface area contributed by atoms with Crippen LogP contribution in [0.2, 0.25) is 0 Å². The van der Waals surface area contributed by atoms with Crippen molar-refractivity contribution in [2.24, 2.45) is 5.92 Å². The van der Waals surface area contributed by atoms with Crippen LogP contribution in [-0.2, 0) is 11.3 Å². The van der Waals surface area contributed by atoms with Crippen molar-refractivity contribution in [2.45, 2.75) is 6.92 Å². The first-order valence-corrected chi connectivity index (χ1v) is 3.69. The molecule has 0 aliphatic heterocycles. The number of nitrogens with one attached hydrogen (secondary N) is 1. The van der Waals surface area contributed by atoms with Crippen molar-refractivity contribution in [3.8, 4) is 0 Å². The Morgan fingerprint density at radius 2 is 2.56 bits per heavy atom. The van der Waals surface area contributed by atoms with E-state index in [1.807, 2.05) is 6.92 Å². The normalized spacial score (nSPS) is 16.7. The molecule has 0 radical (unpaired) electrons. The molecule has 0 amide bonds. The van der Waals surface area contributed by atoms with Gasteiger partial charge < -0.3 is 4.55 Å². The zero-order valence-electron chi connectivity index (χ0n) is 5.29. The van der Waals surface area contributed by atoms with Gasteiger partial charge in [0, 0.05) is 17.8 Å². The van der Waals surface area contributed by atoms with Crippen molar-refractivity contribution >= 4 is 11.3 Å². The summed E-state index contributed by atoms with van der Waals surface area (Å²) in [6.07, 6.45) is 1.69. The topological polar surface area (TPSA) is 52.2 Å². The average molecular weight is 148 g/mol. The Morgan fingerprint density at radius 3 is 2.89 bits per heavy atom. The van der Waals surface area contributed by atoms with E-state index in [9.17, 15) is 8.76 Å². The number of hydrogen-bond donors (Lipinski definition) is 1. The van der Waals surface area contributed by atoms with Gasteiger partial charge in [0.05, 0.1) is 0 Å². The van der Waals surface area contributed by atoms with Crippen molar-refractivity contribution in [3.63, 3.8) is 0 Å². The molecule has 2 unspecified atom stereocenters. The summed E-state index contributed by atoms with van der Waals surface area (Å²) in [5.41, 5.74) is 0. The van der Waals surface area contributed by atoms with Crippen LogP contribution in [0.5, 0.6) is 0 Å². The SMILES string of the molecule is C=CC(C)CNS(=O)[O-]. The minimum atomic E-state index is -2.14. The van der Waals surface area contributed by atoms with E-state index in [1.165, 1.54) is 0 Å². The van der Waals surface area contributed by atoms with Gasteiger partial charge >= 0.3 is 0 Å². The molecule has 0 aliphatic rings. The Hall–Kier alpha value is -0.190. The van der Waals surface area contributed by atoms with Crippen LogP contribution in [0.1, 0.15) is 6.92 Å². The van der Waals surface area contributed by atoms with Gasteiger partial charge in [-0.25, -0.2) is 4.72 Å². The Kier molecular flexibility index (Phi) is 4.57. The second-order valence-electron chi connectivity index (χ2n) is 1.80. The fourth-order valence-corrected chi connectivity index (χ4v) is 0.682. The molecule has 0 aromatic rings. The molecular formula is C5H10NO2S-. The highest BCUT2D eigenvalue weighted by molar-refractivity contribution is 7.77. The van der Waals surface area contributed by atoms with Crippen LogP contribution < -0.4 is 4.72 Å². The van der Waals surface area contributed by atoms with E-state index in [0.29, 0.717) is 6.54 Å². The third-order valence-corrected chi connectivity index (χ3v) is 1.33. The number of hydrogen-bond acceptors (Lipinski definition) is 2. The van der Waals surface area contributed by atoms with Crippen LogP contribution in [0, 0.1) is 5.92 Å². The van der Waals surface area contributed by atoms with Crippen LogP contribution in [0.25, 0.3) is 0 Å². The van der Waals surface area contributed by atoms with Crippen molar-refractivity contribution in [1.82, 2.24) is 4.72 Å². The van der Waals surface area contributed by atoms with Gasteiger partial charge in [-0.05, 0) is 5.92 Å². The standard InChI is InChI=1S/C5H11NO2S/c1-3-5(2)4-6-9(7)8/h3,5-6H,1,4H2,2H3,(H,7,8)/p-1. The van der Waals surface area contributed by atoms with Crippen LogP contribution in [0.4, 0.5) is 0 Å². The summed E-state index contributed by atoms with van der Waals surface area (Å²) in [6.45, 7) is 5.81. The molecule has 1 N–H and O–H groups in total. The zero-order chi connectivity index (χ0) is 7.28. The fourth-order valence-electron chi connectivity index (χ4n) is 0.283. The van der Waals surface area contributed by atoms with Gasteiger partial charge in [0.25, 0.3) is 0 Å². The van der Waals surface area contributed by atoms with E-state index in [-0.39, 0.29) is 5.92 Å². The third-order valence-electron chi connectivity index (χ3n) is 0.926. The van der Waals surface area contributed by atoms with Crippen LogP contribution >= 0.6 is 0 Å². The maximum atomic E-state index is 9.87. The van der Waals surface area contributed by atoms with E-state index >= 15 is 0 Å². The summed E-state index contributed by atoms with van der Waals surface area (Å²) in [5.74, 6) is 0.197. The van der Waals surface area contributed by atoms with Gasteiger partial charge in [-0.2, -0.15) is 0 Å². The van der Waals surface area contributed by atoms with Gasteiger partial charge in [0.15, 0.2) is 0 Å². The second-order valence-corrected chi connectivity index (χ2v) is 2.55. The monoisotopic (exact) mass is 148 g/mol. The minimum absolute atomic E-state index is 0.197. The zero-order valence-corrected chi connectivity index (χ0v) is 6.11. The maximum absolute atomic E-state index is 9.87. The van der Waals surface area contributed by atoms with E-state index in [2.05, 4.69) is 11.3 Å². The highest BCUT2D eigenvalue weighted by Gasteiger charge is 1.92. The molecule has 0 spiro atoms. The largest absolute Gasteiger partial charge is 0.760 e. The molecule has 0 aliphatic carbocycles. The molecule has 0 saturated carbocycles. The molecule has 0 bridgehead atoms. The Morgan fingerprint density at radius 1 is 2.00 bits per heavy atom. The van der Waals surface area contributed by atoms with Crippen molar-refractivity contribution in [1.29, 1.82) is 0 Å². The van der Waals surface area contributed by atoms with Crippen molar-refractivity contribution in [3.05, 3.63) is 12.7 Å². The third kappa shape index (κ3) is 5.68. The first kappa shape index (κ1) is 8.81. The molecular weight excluding hydrogens is 138 g/mol. The Labute approximate surface area is 57.6 Å². The summed E-state index contributed by atoms with van der Waals surface area (Å²) in [5, 5.41) is 0. The first-order chi connectivity index (χ1) is 4.16. The van der Waals surface area contributed by atoms with Gasteiger partial charge in [0.2, 0.25) is 0 Å². The van der Waals surface area contributed by atoms with Gasteiger partial charge in [0.1, 0.15) is 0 Å². The van der Waals surface area contributed by atoms with Crippen molar-refractivity contribution in [2.75, 3.05) is 6.54 Å². The molecule has 0 fully saturated rings. The molecule has 0 heterocycles. The Bertz CT molecular complexity index is 116. The molecule has 3 nitrogen and oxygen atoms in total. The van der Waals surface area contributed by atoms with E-state index in [4.69, 9.17) is 0 Å². The molecule has 0 rings (SSSR count). The molecule has 4 heteroatoms. The Balaban J connectivity index is 3.26. The lowest BCUT2D eigenvalue weighted by Crippen LogP contribution is -2.21. The van der Waals surface area contributed by atoms with Gasteiger partial charge in [-0.1, -0.05) is 13.0 Å². The minimum Gasteiger partial charge on any atom is -0.760 e. The lowest BCUT2D eigenvalue weighted by molar-refractivity contribution is 0.516. The maximum Gasteiger partial charge on any atom is 0.0181 e. The molecule has 0 saturated heterocycles. The second kappa shape index (κ2) is 4.67. The summed E-state index contributed by atoms with van der Waals surface area (Å²) < 4.78 is 22.0. The molecule has 9 heavy (non-hydrogen) atoms. The summed E-state index contributed by atoms with van der Waals surface area (Å²) >= 11 is -2.14. The predicted molar refractivity (Wildman–Crippen MR) is 36.3 cm³/mol. The summed E-state index contributed by atoms with van der Waals surface area (Å²) in [4.78, 5) is 0. The molecule has 54 valence electrons. The number of rotatable bonds is 4. The average Bonchev–Trinajstić information content (AvgIpc) is 1.83. The summed E-state index contributed by atoms with van der Waals surface area (Å²) in [7, 11) is 0.